The van der Waals surface area contributed by atoms with Gasteiger partial charge in [0.15, 0.2) is 11.2 Å². The molecule has 4 rings (SSSR count). The molecule has 10 heteroatoms. The Morgan fingerprint density at radius 3 is 2.53 bits per heavy atom. The van der Waals surface area contributed by atoms with Crippen LogP contribution in [0.2, 0.25) is 0 Å². The fourth-order valence-electron chi connectivity index (χ4n) is 4.76. The van der Waals surface area contributed by atoms with Crippen LogP contribution in [-0.2, 0) is 17.3 Å². The minimum Gasteiger partial charge on any atom is -0.369 e. The van der Waals surface area contributed by atoms with Crippen LogP contribution in [0.3, 0.4) is 0 Å². The van der Waals surface area contributed by atoms with Gasteiger partial charge >= 0.3 is 6.18 Å². The molecule has 32 heavy (non-hydrogen) atoms. The van der Waals surface area contributed by atoms with Crippen molar-refractivity contribution in [3.05, 3.63) is 36.0 Å². The van der Waals surface area contributed by atoms with Crippen molar-refractivity contribution in [3.63, 3.8) is 0 Å². The van der Waals surface area contributed by atoms with Gasteiger partial charge in [0.05, 0.1) is 11.1 Å². The van der Waals surface area contributed by atoms with Gasteiger partial charge < -0.3 is 9.80 Å². The number of hydrogen-bond donors (Lipinski definition) is 2. The van der Waals surface area contributed by atoms with Crippen molar-refractivity contribution in [2.75, 3.05) is 38.1 Å². The van der Waals surface area contributed by atoms with Crippen molar-refractivity contribution < 1.29 is 17.4 Å². The number of halogens is 3. The van der Waals surface area contributed by atoms with Crippen LogP contribution in [0.5, 0.6) is 0 Å². The highest BCUT2D eigenvalue weighted by atomic mass is 32.2. The smallest absolute Gasteiger partial charge is 0.369 e. The van der Waals surface area contributed by atoms with Crippen molar-refractivity contribution in [1.82, 2.24) is 19.3 Å². The quantitative estimate of drug-likeness (QED) is 0.706. The number of likely N-dealkylation sites (tertiary alicyclic amines) is 1. The van der Waals surface area contributed by atoms with Gasteiger partial charge in [-0.25, -0.2) is 13.7 Å². The summed E-state index contributed by atoms with van der Waals surface area (Å²) in [7, 11) is 2.09. The zero-order chi connectivity index (χ0) is 22.9. The summed E-state index contributed by atoms with van der Waals surface area (Å²) in [5.74, 6) is 0.301. The first kappa shape index (κ1) is 23.4. The van der Waals surface area contributed by atoms with E-state index in [0.717, 1.165) is 50.7 Å². The Labute approximate surface area is 189 Å². The molecule has 2 aliphatic heterocycles. The Balaban J connectivity index is 1.49. The van der Waals surface area contributed by atoms with E-state index >= 15 is 0 Å². The van der Waals surface area contributed by atoms with E-state index in [-0.39, 0.29) is 17.6 Å². The van der Waals surface area contributed by atoms with Gasteiger partial charge in [-0.05, 0) is 69.6 Å². The van der Waals surface area contributed by atoms with Gasteiger partial charge in [-0.2, -0.15) is 13.2 Å². The second-order valence-corrected chi connectivity index (χ2v) is 10.1. The molecule has 0 spiro atoms. The van der Waals surface area contributed by atoms with Crippen LogP contribution >= 0.6 is 0 Å². The molecule has 2 fully saturated rings. The molecule has 1 aromatic heterocycles. The van der Waals surface area contributed by atoms with Gasteiger partial charge in [0.25, 0.3) is 0 Å². The number of alkyl halides is 3. The van der Waals surface area contributed by atoms with E-state index < -0.39 is 22.9 Å². The number of piperidine rings is 2. The number of nitrogens with one attached hydrogen (secondary N) is 2. The SMILES string of the molecule is CC1C[C@@H](NS(=O)NC2CCN(C)CC2)CN(c2ccc(C(F)(F)F)c3ncccc23)C1. The molecule has 3 atom stereocenters. The highest BCUT2D eigenvalue weighted by Gasteiger charge is 2.35. The topological polar surface area (TPSA) is 60.5 Å². The van der Waals surface area contributed by atoms with Crippen LogP contribution in [0.1, 0.15) is 31.7 Å². The molecular formula is C22H30F3N5OS. The third-order valence-corrected chi connectivity index (χ3v) is 7.41. The molecule has 176 valence electrons. The molecule has 6 nitrogen and oxygen atoms in total. The predicted molar refractivity (Wildman–Crippen MR) is 121 cm³/mol. The number of rotatable bonds is 5. The lowest BCUT2D eigenvalue weighted by atomic mass is 9.95. The minimum atomic E-state index is -4.46. The fourth-order valence-corrected chi connectivity index (χ4v) is 5.84. The van der Waals surface area contributed by atoms with E-state index in [1.54, 1.807) is 12.1 Å². The number of pyridine rings is 1. The van der Waals surface area contributed by atoms with Crippen molar-refractivity contribution >= 4 is 27.8 Å². The van der Waals surface area contributed by atoms with E-state index in [4.69, 9.17) is 0 Å². The summed E-state index contributed by atoms with van der Waals surface area (Å²) in [6.45, 7) is 5.37. The summed E-state index contributed by atoms with van der Waals surface area (Å²) in [6.07, 6.45) is -0.291. The normalized spacial score (nSPS) is 24.7. The Hall–Kier alpha value is -1.75. The summed E-state index contributed by atoms with van der Waals surface area (Å²) in [5.41, 5.74) is -0.0266. The van der Waals surface area contributed by atoms with E-state index in [2.05, 4.69) is 38.2 Å². The number of fused-ring (bicyclic) bond motifs is 1. The molecule has 1 aromatic carbocycles. The average Bonchev–Trinajstić information content (AvgIpc) is 2.73. The van der Waals surface area contributed by atoms with Crippen LogP contribution in [0.25, 0.3) is 10.9 Å². The van der Waals surface area contributed by atoms with Crippen LogP contribution < -0.4 is 14.3 Å². The van der Waals surface area contributed by atoms with Crippen molar-refractivity contribution in [2.45, 2.75) is 44.4 Å². The summed E-state index contributed by atoms with van der Waals surface area (Å²) < 4.78 is 59.5. The Morgan fingerprint density at radius 1 is 1.09 bits per heavy atom. The molecule has 0 radical (unpaired) electrons. The van der Waals surface area contributed by atoms with Gasteiger partial charge in [0, 0.05) is 42.4 Å². The maximum absolute atomic E-state index is 13.5. The van der Waals surface area contributed by atoms with Gasteiger partial charge in [0.2, 0.25) is 0 Å². The van der Waals surface area contributed by atoms with E-state index in [1.165, 1.54) is 12.3 Å². The first-order chi connectivity index (χ1) is 15.2. The largest absolute Gasteiger partial charge is 0.418 e. The monoisotopic (exact) mass is 469 g/mol. The maximum Gasteiger partial charge on any atom is 0.418 e. The van der Waals surface area contributed by atoms with E-state index in [0.29, 0.717) is 17.8 Å². The Bertz CT molecular complexity index is 964. The molecule has 2 unspecified atom stereocenters. The van der Waals surface area contributed by atoms with E-state index in [9.17, 15) is 17.4 Å². The van der Waals surface area contributed by atoms with Crippen LogP contribution in [0, 0.1) is 5.92 Å². The summed E-state index contributed by atoms with van der Waals surface area (Å²) >= 11 is -1.36. The maximum atomic E-state index is 13.5. The second-order valence-electron chi connectivity index (χ2n) is 9.05. The first-order valence-electron chi connectivity index (χ1n) is 11.0. The van der Waals surface area contributed by atoms with Gasteiger partial charge in [0.1, 0.15) is 0 Å². The standard InChI is InChI=1S/C22H30F3N5OS/c1-15-12-17(28-32(31)27-16-7-10-29(2)11-8-16)14-30(13-15)20-6-5-19(22(23,24)25)21-18(20)4-3-9-26-21/h3-6,9,15-17,27-28H,7-8,10-14H2,1-2H3/t15?,17-,32?/m1/s1. The predicted octanol–water partition coefficient (Wildman–Crippen LogP) is 3.32. The van der Waals surface area contributed by atoms with Gasteiger partial charge in [-0.3, -0.25) is 4.98 Å². The Morgan fingerprint density at radius 2 is 1.81 bits per heavy atom. The number of hydrogen-bond acceptors (Lipinski definition) is 4. The zero-order valence-electron chi connectivity index (χ0n) is 18.4. The third kappa shape index (κ3) is 5.41. The van der Waals surface area contributed by atoms with Crippen LogP contribution in [0.4, 0.5) is 18.9 Å². The molecule has 2 aliphatic rings. The van der Waals surface area contributed by atoms with E-state index in [1.807, 2.05) is 0 Å². The van der Waals surface area contributed by atoms with Crippen LogP contribution in [0.15, 0.2) is 30.5 Å². The molecule has 2 N–H and O–H groups in total. The molecule has 0 amide bonds. The third-order valence-electron chi connectivity index (χ3n) is 6.32. The number of anilines is 1. The molecule has 0 aliphatic carbocycles. The molecule has 2 saturated heterocycles. The summed E-state index contributed by atoms with van der Waals surface area (Å²) in [4.78, 5) is 8.38. The fraction of sp³-hybridized carbons (Fsp3) is 0.591. The molecular weight excluding hydrogens is 439 g/mol. The second kappa shape index (κ2) is 9.62. The summed E-state index contributed by atoms with van der Waals surface area (Å²) in [6, 6.07) is 6.19. The van der Waals surface area contributed by atoms with Crippen molar-refractivity contribution in [3.8, 4) is 0 Å². The first-order valence-corrected chi connectivity index (χ1v) is 12.2. The van der Waals surface area contributed by atoms with Gasteiger partial charge in [-0.15, -0.1) is 0 Å². The lowest BCUT2D eigenvalue weighted by Gasteiger charge is -2.39. The van der Waals surface area contributed by atoms with Crippen LogP contribution in [-0.4, -0.2) is 59.4 Å². The Kier molecular flexibility index (Phi) is 7.04. The number of benzene rings is 1. The lowest BCUT2D eigenvalue weighted by Crippen LogP contribution is -2.52. The zero-order valence-corrected chi connectivity index (χ0v) is 19.2. The molecule has 0 saturated carbocycles. The lowest BCUT2D eigenvalue weighted by molar-refractivity contribution is -0.136. The highest BCUT2D eigenvalue weighted by molar-refractivity contribution is 7.81. The highest BCUT2D eigenvalue weighted by Crippen LogP contribution is 2.38. The van der Waals surface area contributed by atoms with Gasteiger partial charge in [-0.1, -0.05) is 6.92 Å². The average molecular weight is 470 g/mol. The van der Waals surface area contributed by atoms with Crippen molar-refractivity contribution in [1.29, 1.82) is 0 Å². The number of aromatic nitrogens is 1. The number of nitrogens with zero attached hydrogens (tertiary/aromatic N) is 3. The minimum absolute atomic E-state index is 0.0345. The molecule has 3 heterocycles. The van der Waals surface area contributed by atoms with Crippen molar-refractivity contribution in [2.24, 2.45) is 5.92 Å². The molecule has 2 aromatic rings. The summed E-state index contributed by atoms with van der Waals surface area (Å²) in [5, 5.41) is 0.487. The molecule has 0 bridgehead atoms.